The van der Waals surface area contributed by atoms with E-state index in [1.54, 1.807) is 34.2 Å². The van der Waals surface area contributed by atoms with Crippen molar-refractivity contribution >= 4 is 23.3 Å². The van der Waals surface area contributed by atoms with E-state index in [0.717, 1.165) is 11.4 Å². The molecule has 32 heavy (non-hydrogen) atoms. The average molecular weight is 446 g/mol. The molecule has 5 rings (SSSR count). The molecule has 160 valence electrons. The van der Waals surface area contributed by atoms with Gasteiger partial charge in [-0.25, -0.2) is 9.67 Å². The number of aromatic nitrogens is 5. The van der Waals surface area contributed by atoms with Gasteiger partial charge < -0.3 is 9.80 Å². The van der Waals surface area contributed by atoms with Gasteiger partial charge in [0.1, 0.15) is 11.5 Å². The van der Waals surface area contributed by atoms with E-state index in [-0.39, 0.29) is 11.6 Å². The fourth-order valence-electron chi connectivity index (χ4n) is 3.81. The summed E-state index contributed by atoms with van der Waals surface area (Å²) in [6, 6.07) is 16.9. The van der Waals surface area contributed by atoms with Crippen LogP contribution < -0.4 is 4.90 Å². The van der Waals surface area contributed by atoms with Crippen LogP contribution in [-0.2, 0) is 0 Å². The molecule has 1 aliphatic heterocycles. The number of piperazine rings is 1. The number of carbonyl (C=O) groups is 1. The van der Waals surface area contributed by atoms with Crippen molar-refractivity contribution in [3.8, 4) is 16.9 Å². The molecule has 3 aromatic heterocycles. The van der Waals surface area contributed by atoms with Crippen LogP contribution in [0.2, 0.25) is 5.02 Å². The molecule has 0 spiro atoms. The van der Waals surface area contributed by atoms with Crippen LogP contribution in [0.3, 0.4) is 0 Å². The molecule has 0 bridgehead atoms. The smallest absolute Gasteiger partial charge is 0.276 e. The number of benzene rings is 1. The van der Waals surface area contributed by atoms with Crippen molar-refractivity contribution in [1.82, 2.24) is 29.9 Å². The van der Waals surface area contributed by atoms with Crippen LogP contribution in [0.1, 0.15) is 10.5 Å². The van der Waals surface area contributed by atoms with Gasteiger partial charge in [-0.3, -0.25) is 9.78 Å². The summed E-state index contributed by atoms with van der Waals surface area (Å²) < 4.78 is 1.61. The topological polar surface area (TPSA) is 80.0 Å². The number of carbonyl (C=O) groups excluding carboxylic acids is 1. The monoisotopic (exact) mass is 445 g/mol. The minimum absolute atomic E-state index is 0.164. The number of hydrogen-bond acceptors (Lipinski definition) is 6. The normalized spacial score (nSPS) is 13.9. The predicted molar refractivity (Wildman–Crippen MR) is 122 cm³/mol. The van der Waals surface area contributed by atoms with E-state index in [2.05, 4.69) is 25.2 Å². The van der Waals surface area contributed by atoms with Crippen LogP contribution in [0.15, 0.2) is 73.2 Å². The maximum atomic E-state index is 13.5. The van der Waals surface area contributed by atoms with Gasteiger partial charge in [0.05, 0.1) is 10.7 Å². The third-order valence-corrected chi connectivity index (χ3v) is 5.75. The highest BCUT2D eigenvalue weighted by atomic mass is 35.5. The molecule has 1 aromatic carbocycles. The first-order valence-corrected chi connectivity index (χ1v) is 10.7. The number of para-hydroxylation sites is 1. The fourth-order valence-corrected chi connectivity index (χ4v) is 4.02. The lowest BCUT2D eigenvalue weighted by Gasteiger charge is -2.35. The van der Waals surface area contributed by atoms with E-state index in [1.807, 2.05) is 48.5 Å². The van der Waals surface area contributed by atoms with Crippen LogP contribution >= 0.6 is 11.6 Å². The first kappa shape index (κ1) is 20.1. The van der Waals surface area contributed by atoms with Crippen LogP contribution in [0, 0.1) is 0 Å². The van der Waals surface area contributed by atoms with Gasteiger partial charge in [0.25, 0.3) is 5.91 Å². The van der Waals surface area contributed by atoms with Crippen molar-refractivity contribution < 1.29 is 4.79 Å². The van der Waals surface area contributed by atoms with Gasteiger partial charge in [-0.05, 0) is 36.4 Å². The van der Waals surface area contributed by atoms with Gasteiger partial charge in [-0.1, -0.05) is 35.0 Å². The lowest BCUT2D eigenvalue weighted by Crippen LogP contribution is -2.49. The van der Waals surface area contributed by atoms with Gasteiger partial charge in [0.2, 0.25) is 0 Å². The molecule has 1 saturated heterocycles. The average Bonchev–Trinajstić information content (AvgIpc) is 3.30. The largest absolute Gasteiger partial charge is 0.353 e. The van der Waals surface area contributed by atoms with E-state index in [1.165, 1.54) is 0 Å². The van der Waals surface area contributed by atoms with E-state index >= 15 is 0 Å². The first-order valence-electron chi connectivity index (χ1n) is 10.3. The van der Waals surface area contributed by atoms with Crippen LogP contribution in [-0.4, -0.2) is 61.9 Å². The van der Waals surface area contributed by atoms with Crippen molar-refractivity contribution in [2.45, 2.75) is 0 Å². The summed E-state index contributed by atoms with van der Waals surface area (Å²) in [6.45, 7) is 2.54. The maximum Gasteiger partial charge on any atom is 0.276 e. The fraction of sp³-hybridized carbons (Fsp3) is 0.174. The predicted octanol–water partition coefficient (Wildman–Crippen LogP) is 3.34. The Morgan fingerprint density at radius 1 is 0.906 bits per heavy atom. The Labute approximate surface area is 190 Å². The number of hydrogen-bond donors (Lipinski definition) is 0. The molecule has 1 aliphatic rings. The van der Waals surface area contributed by atoms with E-state index in [9.17, 15) is 4.79 Å². The molecule has 8 nitrogen and oxygen atoms in total. The molecule has 4 aromatic rings. The molecule has 0 N–H and O–H groups in total. The van der Waals surface area contributed by atoms with Gasteiger partial charge in [0, 0.05) is 50.3 Å². The third kappa shape index (κ3) is 3.80. The highest BCUT2D eigenvalue weighted by Gasteiger charge is 2.29. The number of rotatable bonds is 4. The molecule has 9 heteroatoms. The Hall–Kier alpha value is -3.78. The standard InChI is InChI=1S/C23H20ClN7O/c24-18-7-1-2-8-19(18)31-22(17-6-5-10-25-16-17)21(27-28-31)23(32)30-14-12-29(13-15-30)20-9-3-4-11-26-20/h1-11,16H,12-15H2. The number of halogens is 1. The van der Waals surface area contributed by atoms with Crippen LogP contribution in [0.25, 0.3) is 16.9 Å². The van der Waals surface area contributed by atoms with E-state index < -0.39 is 0 Å². The minimum Gasteiger partial charge on any atom is -0.353 e. The molecule has 0 aliphatic carbocycles. The second kappa shape index (κ2) is 8.76. The van der Waals surface area contributed by atoms with Crippen LogP contribution in [0.5, 0.6) is 0 Å². The summed E-state index contributed by atoms with van der Waals surface area (Å²) in [4.78, 5) is 26.1. The Morgan fingerprint density at radius 2 is 1.72 bits per heavy atom. The van der Waals surface area contributed by atoms with Crippen molar-refractivity contribution in [2.75, 3.05) is 31.1 Å². The van der Waals surface area contributed by atoms with E-state index in [4.69, 9.17) is 11.6 Å². The third-order valence-electron chi connectivity index (χ3n) is 5.43. The molecule has 1 amide bonds. The molecule has 4 heterocycles. The lowest BCUT2D eigenvalue weighted by atomic mass is 10.1. The van der Waals surface area contributed by atoms with Gasteiger partial charge in [-0.2, -0.15) is 0 Å². The number of nitrogens with zero attached hydrogens (tertiary/aromatic N) is 7. The molecule has 0 atom stereocenters. The van der Waals surface area contributed by atoms with Crippen molar-refractivity contribution in [3.05, 3.63) is 83.9 Å². The van der Waals surface area contributed by atoms with Gasteiger partial charge in [-0.15, -0.1) is 5.10 Å². The zero-order chi connectivity index (χ0) is 21.9. The highest BCUT2D eigenvalue weighted by molar-refractivity contribution is 6.32. The van der Waals surface area contributed by atoms with Crippen molar-refractivity contribution in [3.63, 3.8) is 0 Å². The second-order valence-corrected chi connectivity index (χ2v) is 7.77. The zero-order valence-corrected chi connectivity index (χ0v) is 17.9. The van der Waals surface area contributed by atoms with Gasteiger partial charge >= 0.3 is 0 Å². The molecule has 0 saturated carbocycles. The SMILES string of the molecule is O=C(c1nnn(-c2ccccc2Cl)c1-c1cccnc1)N1CCN(c2ccccn2)CC1. The minimum atomic E-state index is -0.164. The number of amides is 1. The Kier molecular flexibility index (Phi) is 5.51. The van der Waals surface area contributed by atoms with Crippen molar-refractivity contribution in [2.24, 2.45) is 0 Å². The summed E-state index contributed by atoms with van der Waals surface area (Å²) in [7, 11) is 0. The molecular weight excluding hydrogens is 426 g/mol. The molecular formula is C23H20ClN7O. The quantitative estimate of drug-likeness (QED) is 0.479. The lowest BCUT2D eigenvalue weighted by molar-refractivity contribution is 0.0741. The van der Waals surface area contributed by atoms with Crippen molar-refractivity contribution in [1.29, 1.82) is 0 Å². The summed E-state index contributed by atoms with van der Waals surface area (Å²) in [5.74, 6) is 0.753. The maximum absolute atomic E-state index is 13.5. The Balaban J connectivity index is 1.46. The highest BCUT2D eigenvalue weighted by Crippen LogP contribution is 2.29. The first-order chi connectivity index (χ1) is 15.7. The zero-order valence-electron chi connectivity index (χ0n) is 17.2. The van der Waals surface area contributed by atoms with E-state index in [0.29, 0.717) is 42.6 Å². The Bertz CT molecular complexity index is 1220. The van der Waals surface area contributed by atoms with Crippen LogP contribution in [0.4, 0.5) is 5.82 Å². The molecule has 0 radical (unpaired) electrons. The molecule has 1 fully saturated rings. The summed E-state index contributed by atoms with van der Waals surface area (Å²) in [5, 5.41) is 9.08. The Morgan fingerprint density at radius 3 is 2.44 bits per heavy atom. The number of anilines is 1. The molecule has 0 unspecified atom stereocenters. The van der Waals surface area contributed by atoms with Gasteiger partial charge in [0.15, 0.2) is 5.69 Å². The summed E-state index contributed by atoms with van der Waals surface area (Å²) >= 11 is 6.42. The number of pyridine rings is 2. The summed E-state index contributed by atoms with van der Waals surface area (Å²) in [6.07, 6.45) is 5.16. The summed E-state index contributed by atoms with van der Waals surface area (Å²) in [5.41, 5.74) is 2.25. The second-order valence-electron chi connectivity index (χ2n) is 7.36.